The first-order valence-electron chi connectivity index (χ1n) is 9.18. The van der Waals surface area contributed by atoms with Crippen molar-refractivity contribution in [1.29, 1.82) is 0 Å². The van der Waals surface area contributed by atoms with Gasteiger partial charge < -0.3 is 19.7 Å². The number of hydrogen-bond donors (Lipinski definition) is 2. The molecule has 2 aromatic carbocycles. The monoisotopic (exact) mass is 436 g/mol. The van der Waals surface area contributed by atoms with Crippen LogP contribution in [0.4, 0.5) is 0 Å². The fourth-order valence-corrected chi connectivity index (χ4v) is 3.70. The Morgan fingerprint density at radius 3 is 1.45 bits per heavy atom. The van der Waals surface area contributed by atoms with Crippen molar-refractivity contribution in [3.8, 4) is 11.5 Å². The molecule has 8 heteroatoms. The van der Waals surface area contributed by atoms with E-state index in [1.165, 1.54) is 23.5 Å². The molecule has 0 aliphatic carbocycles. The van der Waals surface area contributed by atoms with E-state index >= 15 is 0 Å². The van der Waals surface area contributed by atoms with E-state index in [-0.39, 0.29) is 36.3 Å². The molecule has 0 bridgehead atoms. The average molecular weight is 437 g/mol. The van der Waals surface area contributed by atoms with E-state index in [0.29, 0.717) is 31.1 Å². The Morgan fingerprint density at radius 2 is 1.07 bits per heavy atom. The van der Waals surface area contributed by atoms with Gasteiger partial charge in [0.25, 0.3) is 0 Å². The second-order valence-corrected chi connectivity index (χ2v) is 8.32. The highest BCUT2D eigenvalue weighted by molar-refractivity contribution is 7.99. The molecule has 0 aliphatic heterocycles. The van der Waals surface area contributed by atoms with Crippen molar-refractivity contribution in [3.63, 3.8) is 0 Å². The number of rotatable bonds is 12. The summed E-state index contributed by atoms with van der Waals surface area (Å²) in [4.78, 5) is 25.3. The third kappa shape index (κ3) is 10.1. The molecule has 2 rings (SSSR count). The van der Waals surface area contributed by atoms with Gasteiger partial charge in [-0.2, -0.15) is 0 Å². The minimum absolute atomic E-state index is 0.182. The van der Waals surface area contributed by atoms with Gasteiger partial charge in [0, 0.05) is 34.1 Å². The fraction of sp³-hybridized carbons (Fsp3) is 0.333. The van der Waals surface area contributed by atoms with Gasteiger partial charge in [-0.05, 0) is 55.0 Å². The number of phenols is 2. The standard InChI is InChI=1S/C21H24O6S2/c22-16-4-8-18(9-5-16)28-14-12-26-20(24)2-1-3-21(25)27-13-15-29-19-10-6-17(23)7-11-19/h4-11,22-23H,1-3,12-15H2. The molecule has 2 N–H and O–H groups in total. The first kappa shape index (κ1) is 23.0. The summed E-state index contributed by atoms with van der Waals surface area (Å²) in [6.45, 7) is 0.590. The predicted molar refractivity (Wildman–Crippen MR) is 113 cm³/mol. The number of aromatic hydroxyl groups is 2. The van der Waals surface area contributed by atoms with Crippen molar-refractivity contribution in [2.45, 2.75) is 29.1 Å². The molecule has 29 heavy (non-hydrogen) atoms. The molecule has 0 heterocycles. The van der Waals surface area contributed by atoms with Gasteiger partial charge in [-0.25, -0.2) is 0 Å². The highest BCUT2D eigenvalue weighted by Gasteiger charge is 2.08. The lowest BCUT2D eigenvalue weighted by Gasteiger charge is -2.06. The summed E-state index contributed by atoms with van der Waals surface area (Å²) < 4.78 is 10.3. The summed E-state index contributed by atoms with van der Waals surface area (Å²) >= 11 is 3.07. The number of ether oxygens (including phenoxy) is 2. The molecule has 0 saturated carbocycles. The molecule has 0 atom stereocenters. The SMILES string of the molecule is O=C(CCCC(=O)OCCSc1ccc(O)cc1)OCCSc1ccc(O)cc1. The van der Waals surface area contributed by atoms with Crippen LogP contribution in [-0.2, 0) is 19.1 Å². The molecule has 0 amide bonds. The van der Waals surface area contributed by atoms with E-state index in [9.17, 15) is 19.8 Å². The minimum atomic E-state index is -0.327. The number of carbonyl (C=O) groups is 2. The van der Waals surface area contributed by atoms with Gasteiger partial charge in [-0.1, -0.05) is 0 Å². The molecule has 6 nitrogen and oxygen atoms in total. The van der Waals surface area contributed by atoms with Crippen molar-refractivity contribution in [2.75, 3.05) is 24.7 Å². The van der Waals surface area contributed by atoms with Crippen molar-refractivity contribution >= 4 is 35.5 Å². The highest BCUT2D eigenvalue weighted by Crippen LogP contribution is 2.21. The lowest BCUT2D eigenvalue weighted by molar-refractivity contribution is -0.144. The van der Waals surface area contributed by atoms with E-state index in [4.69, 9.17) is 9.47 Å². The van der Waals surface area contributed by atoms with Crippen LogP contribution in [0.3, 0.4) is 0 Å². The van der Waals surface area contributed by atoms with Crippen molar-refractivity contribution in [2.24, 2.45) is 0 Å². The van der Waals surface area contributed by atoms with Crippen LogP contribution in [0.2, 0.25) is 0 Å². The van der Waals surface area contributed by atoms with Crippen LogP contribution < -0.4 is 0 Å². The van der Waals surface area contributed by atoms with E-state index in [1.807, 2.05) is 0 Å². The molecule has 0 fully saturated rings. The Labute approximate surface area is 178 Å². The van der Waals surface area contributed by atoms with Crippen LogP contribution in [0.1, 0.15) is 19.3 Å². The molecule has 0 unspecified atom stereocenters. The maximum atomic E-state index is 11.7. The van der Waals surface area contributed by atoms with Gasteiger partial charge >= 0.3 is 11.9 Å². The average Bonchev–Trinajstić information content (AvgIpc) is 2.71. The number of thioether (sulfide) groups is 2. The largest absolute Gasteiger partial charge is 0.508 e. The number of phenolic OH excluding ortho intramolecular Hbond substituents is 2. The summed E-state index contributed by atoms with van der Waals surface area (Å²) in [5.74, 6) is 1.03. The maximum absolute atomic E-state index is 11.7. The summed E-state index contributed by atoms with van der Waals surface area (Å²) in [6, 6.07) is 13.7. The van der Waals surface area contributed by atoms with E-state index in [0.717, 1.165) is 9.79 Å². The summed E-state index contributed by atoms with van der Waals surface area (Å²) in [7, 11) is 0. The first-order chi connectivity index (χ1) is 14.0. The molecule has 0 aromatic heterocycles. The van der Waals surface area contributed by atoms with E-state index in [2.05, 4.69) is 0 Å². The number of hydrogen-bond acceptors (Lipinski definition) is 8. The molecular weight excluding hydrogens is 412 g/mol. The van der Waals surface area contributed by atoms with Crippen LogP contribution in [0, 0.1) is 0 Å². The number of benzene rings is 2. The lowest BCUT2D eigenvalue weighted by Crippen LogP contribution is -2.10. The first-order valence-corrected chi connectivity index (χ1v) is 11.1. The van der Waals surface area contributed by atoms with Gasteiger partial charge in [0.1, 0.15) is 24.7 Å². The zero-order valence-corrected chi connectivity index (χ0v) is 17.5. The zero-order valence-electron chi connectivity index (χ0n) is 15.9. The van der Waals surface area contributed by atoms with Crippen molar-refractivity contribution in [1.82, 2.24) is 0 Å². The molecule has 2 aromatic rings. The lowest BCUT2D eigenvalue weighted by atomic mass is 10.2. The quantitative estimate of drug-likeness (QED) is 0.290. The van der Waals surface area contributed by atoms with Crippen LogP contribution in [0.25, 0.3) is 0 Å². The van der Waals surface area contributed by atoms with Gasteiger partial charge in [0.05, 0.1) is 0 Å². The van der Waals surface area contributed by atoms with E-state index in [1.54, 1.807) is 48.5 Å². The Kier molecular flexibility index (Phi) is 10.3. The normalized spacial score (nSPS) is 10.5. The van der Waals surface area contributed by atoms with Crippen LogP contribution in [0.15, 0.2) is 58.3 Å². The van der Waals surface area contributed by atoms with Crippen LogP contribution >= 0.6 is 23.5 Å². The second kappa shape index (κ2) is 13.0. The Hall–Kier alpha value is -2.32. The highest BCUT2D eigenvalue weighted by atomic mass is 32.2. The van der Waals surface area contributed by atoms with Gasteiger partial charge in [0.15, 0.2) is 0 Å². The van der Waals surface area contributed by atoms with Gasteiger partial charge in [0.2, 0.25) is 0 Å². The molecular formula is C21H24O6S2. The van der Waals surface area contributed by atoms with Crippen LogP contribution in [-0.4, -0.2) is 46.9 Å². The maximum Gasteiger partial charge on any atom is 0.305 e. The minimum Gasteiger partial charge on any atom is -0.508 e. The Morgan fingerprint density at radius 1 is 0.690 bits per heavy atom. The van der Waals surface area contributed by atoms with Crippen molar-refractivity contribution in [3.05, 3.63) is 48.5 Å². The number of esters is 2. The zero-order chi connectivity index (χ0) is 20.9. The summed E-state index contributed by atoms with van der Waals surface area (Å²) in [6.07, 6.45) is 0.760. The second-order valence-electron chi connectivity index (χ2n) is 5.98. The van der Waals surface area contributed by atoms with E-state index < -0.39 is 0 Å². The molecule has 156 valence electrons. The summed E-state index contributed by atoms with van der Waals surface area (Å²) in [5, 5.41) is 18.4. The topological polar surface area (TPSA) is 93.1 Å². The smallest absolute Gasteiger partial charge is 0.305 e. The van der Waals surface area contributed by atoms with Crippen LogP contribution in [0.5, 0.6) is 11.5 Å². The van der Waals surface area contributed by atoms with Gasteiger partial charge in [-0.3, -0.25) is 9.59 Å². The summed E-state index contributed by atoms with van der Waals surface area (Å²) in [5.41, 5.74) is 0. The Bertz CT molecular complexity index is 696. The van der Waals surface area contributed by atoms with Gasteiger partial charge in [-0.15, -0.1) is 23.5 Å². The third-order valence-electron chi connectivity index (χ3n) is 3.67. The molecule has 0 radical (unpaired) electrons. The molecule has 0 saturated heterocycles. The predicted octanol–water partition coefficient (Wildman–Crippen LogP) is 4.24. The molecule has 0 spiro atoms. The third-order valence-corrected chi connectivity index (χ3v) is 5.62. The number of carbonyl (C=O) groups excluding carboxylic acids is 2. The Balaban J connectivity index is 1.45. The fourth-order valence-electron chi connectivity index (χ4n) is 2.24. The molecule has 0 aliphatic rings. The van der Waals surface area contributed by atoms with Crippen molar-refractivity contribution < 1.29 is 29.3 Å².